The van der Waals surface area contributed by atoms with Crippen LogP contribution in [0.1, 0.15) is 19.8 Å². The molecule has 0 saturated heterocycles. The van der Waals surface area contributed by atoms with E-state index >= 15 is 0 Å². The van der Waals surface area contributed by atoms with Crippen molar-refractivity contribution in [2.45, 2.75) is 24.0 Å². The Labute approximate surface area is 162 Å². The summed E-state index contributed by atoms with van der Waals surface area (Å²) in [6, 6.07) is 22.9. The molecule has 0 fully saturated rings. The molecule has 2 aromatic carbocycles. The minimum atomic E-state index is 0.795. The molecule has 0 aliphatic carbocycles. The monoisotopic (exact) mass is 376 g/mol. The molecule has 0 N–H and O–H groups in total. The lowest BCUT2D eigenvalue weighted by Crippen LogP contribution is -1.92. The number of thioether (sulfide) groups is 1. The van der Waals surface area contributed by atoms with Crippen LogP contribution in [0.15, 0.2) is 70.9 Å². The van der Waals surface area contributed by atoms with Crippen molar-refractivity contribution in [3.8, 4) is 22.6 Å². The Morgan fingerprint density at radius 2 is 1.58 bits per heavy atom. The van der Waals surface area contributed by atoms with Gasteiger partial charge in [-0.05, 0) is 18.2 Å². The second-order valence-electron chi connectivity index (χ2n) is 6.11. The number of aromatic nitrogens is 2. The molecule has 2 heterocycles. The van der Waals surface area contributed by atoms with Gasteiger partial charge in [0.05, 0.1) is 9.90 Å². The predicted molar refractivity (Wildman–Crippen MR) is 114 cm³/mol. The van der Waals surface area contributed by atoms with E-state index in [1.165, 1.54) is 17.1 Å². The Morgan fingerprint density at radius 3 is 2.27 bits per heavy atom. The topological polar surface area (TPSA) is 25.8 Å². The summed E-state index contributed by atoms with van der Waals surface area (Å²) in [7, 11) is 0. The van der Waals surface area contributed by atoms with E-state index in [0.29, 0.717) is 0 Å². The maximum Gasteiger partial charge on any atom is 0.161 e. The number of benzene rings is 2. The molecule has 0 bridgehead atoms. The first-order valence-corrected chi connectivity index (χ1v) is 10.7. The lowest BCUT2D eigenvalue weighted by atomic mass is 10.1. The van der Waals surface area contributed by atoms with Gasteiger partial charge < -0.3 is 0 Å². The Morgan fingerprint density at radius 1 is 0.885 bits per heavy atom. The van der Waals surface area contributed by atoms with Crippen molar-refractivity contribution in [2.75, 3.05) is 5.75 Å². The molecule has 26 heavy (non-hydrogen) atoms. The van der Waals surface area contributed by atoms with Gasteiger partial charge in [-0.2, -0.15) is 0 Å². The molecule has 2 aromatic heterocycles. The molecule has 0 saturated carbocycles. The van der Waals surface area contributed by atoms with Crippen LogP contribution in [-0.2, 0) is 0 Å². The Hall–Kier alpha value is -2.17. The summed E-state index contributed by atoms with van der Waals surface area (Å²) in [6.45, 7) is 2.23. The average molecular weight is 377 g/mol. The minimum absolute atomic E-state index is 0.795. The highest BCUT2D eigenvalue weighted by Crippen LogP contribution is 2.38. The highest BCUT2D eigenvalue weighted by molar-refractivity contribution is 8.01. The van der Waals surface area contributed by atoms with Crippen LogP contribution >= 0.6 is 23.1 Å². The zero-order chi connectivity index (χ0) is 17.8. The van der Waals surface area contributed by atoms with Gasteiger partial charge >= 0.3 is 0 Å². The van der Waals surface area contributed by atoms with Crippen LogP contribution in [0, 0.1) is 0 Å². The maximum atomic E-state index is 4.94. The highest BCUT2D eigenvalue weighted by atomic mass is 32.2. The van der Waals surface area contributed by atoms with Crippen LogP contribution in [0.25, 0.3) is 32.9 Å². The van der Waals surface area contributed by atoms with Gasteiger partial charge in [0.15, 0.2) is 5.82 Å². The van der Waals surface area contributed by atoms with E-state index in [-0.39, 0.29) is 0 Å². The van der Waals surface area contributed by atoms with Crippen molar-refractivity contribution < 1.29 is 0 Å². The van der Waals surface area contributed by atoms with Gasteiger partial charge in [0.25, 0.3) is 0 Å². The summed E-state index contributed by atoms with van der Waals surface area (Å²) in [4.78, 5) is 10.9. The summed E-state index contributed by atoms with van der Waals surface area (Å²) in [5.41, 5.74) is 3.22. The molecule has 0 radical (unpaired) electrons. The molecule has 0 aliphatic rings. The van der Waals surface area contributed by atoms with Crippen molar-refractivity contribution in [1.29, 1.82) is 0 Å². The van der Waals surface area contributed by atoms with Crippen LogP contribution in [0.2, 0.25) is 0 Å². The summed E-state index contributed by atoms with van der Waals surface area (Å²) >= 11 is 3.70. The summed E-state index contributed by atoms with van der Waals surface area (Å²) < 4.78 is 1.32. The molecule has 4 heteroatoms. The van der Waals surface area contributed by atoms with E-state index in [0.717, 1.165) is 38.6 Å². The third-order valence-corrected chi connectivity index (χ3v) is 6.51. The number of thiophene rings is 1. The fourth-order valence-electron chi connectivity index (χ4n) is 2.82. The van der Waals surface area contributed by atoms with E-state index in [1.54, 1.807) is 11.3 Å². The van der Waals surface area contributed by atoms with Gasteiger partial charge in [0.1, 0.15) is 4.83 Å². The number of rotatable bonds is 6. The van der Waals surface area contributed by atoms with E-state index in [2.05, 4.69) is 49.4 Å². The summed E-state index contributed by atoms with van der Waals surface area (Å²) in [5.74, 6) is 1.95. The predicted octanol–water partition coefficient (Wildman–Crippen LogP) is 6.92. The number of hydrogen-bond acceptors (Lipinski definition) is 4. The molecule has 0 amide bonds. The Balaban J connectivity index is 1.85. The molecule has 0 spiro atoms. The van der Waals surface area contributed by atoms with Crippen molar-refractivity contribution in [3.05, 3.63) is 66.7 Å². The lowest BCUT2D eigenvalue weighted by Gasteiger charge is -2.06. The molecular weight excluding hydrogens is 356 g/mol. The molecule has 0 unspecified atom stereocenters. The third-order valence-electron chi connectivity index (χ3n) is 4.19. The number of fused-ring (bicyclic) bond motifs is 1. The van der Waals surface area contributed by atoms with Crippen molar-refractivity contribution >= 4 is 33.3 Å². The molecule has 4 aromatic rings. The smallest absolute Gasteiger partial charge is 0.161 e. The van der Waals surface area contributed by atoms with E-state index in [4.69, 9.17) is 9.97 Å². The summed E-state index contributed by atoms with van der Waals surface area (Å²) in [5, 5.41) is 1.15. The van der Waals surface area contributed by atoms with Crippen LogP contribution in [-0.4, -0.2) is 15.7 Å². The average Bonchev–Trinajstić information content (AvgIpc) is 3.11. The molecule has 2 nitrogen and oxygen atoms in total. The Bertz CT molecular complexity index is 995. The van der Waals surface area contributed by atoms with Crippen LogP contribution in [0.5, 0.6) is 0 Å². The van der Waals surface area contributed by atoms with Crippen LogP contribution in [0.4, 0.5) is 0 Å². The second kappa shape index (κ2) is 8.02. The number of unbranched alkanes of at least 4 members (excludes halogenated alkanes) is 1. The van der Waals surface area contributed by atoms with Crippen molar-refractivity contribution in [2.24, 2.45) is 0 Å². The van der Waals surface area contributed by atoms with Crippen LogP contribution < -0.4 is 0 Å². The molecule has 4 rings (SSSR count). The highest BCUT2D eigenvalue weighted by Gasteiger charge is 2.14. The molecule has 0 atom stereocenters. The summed E-state index contributed by atoms with van der Waals surface area (Å²) in [6.07, 6.45) is 2.47. The first-order chi connectivity index (χ1) is 12.8. The Kier molecular flexibility index (Phi) is 5.32. The molecule has 130 valence electrons. The van der Waals surface area contributed by atoms with E-state index in [1.807, 2.05) is 36.0 Å². The minimum Gasteiger partial charge on any atom is -0.227 e. The quantitative estimate of drug-likeness (QED) is 0.270. The first-order valence-electron chi connectivity index (χ1n) is 8.90. The fourth-order valence-corrected chi connectivity index (χ4v) is 5.14. The van der Waals surface area contributed by atoms with Gasteiger partial charge in [-0.3, -0.25) is 0 Å². The third kappa shape index (κ3) is 3.67. The van der Waals surface area contributed by atoms with E-state index < -0.39 is 0 Å². The standard InChI is InChI=1S/C22H20N2S2/c1-2-3-14-25-19-15-18-20(16-10-6-4-7-11-16)23-21(24-22(18)26-19)17-12-8-5-9-13-17/h4-13,15H,2-3,14H2,1H3. The van der Waals surface area contributed by atoms with Gasteiger partial charge in [0.2, 0.25) is 0 Å². The zero-order valence-corrected chi connectivity index (χ0v) is 16.3. The normalized spacial score (nSPS) is 11.1. The fraction of sp³-hybridized carbons (Fsp3) is 0.182. The van der Waals surface area contributed by atoms with E-state index in [9.17, 15) is 0 Å². The zero-order valence-electron chi connectivity index (χ0n) is 14.7. The van der Waals surface area contributed by atoms with Gasteiger partial charge in [-0.15, -0.1) is 23.1 Å². The van der Waals surface area contributed by atoms with Gasteiger partial charge in [0, 0.05) is 16.5 Å². The number of nitrogens with zero attached hydrogens (tertiary/aromatic N) is 2. The van der Waals surface area contributed by atoms with Crippen molar-refractivity contribution in [1.82, 2.24) is 9.97 Å². The first kappa shape index (κ1) is 17.3. The maximum absolute atomic E-state index is 4.94. The second-order valence-corrected chi connectivity index (χ2v) is 8.54. The largest absolute Gasteiger partial charge is 0.227 e. The van der Waals surface area contributed by atoms with Gasteiger partial charge in [-0.1, -0.05) is 74.0 Å². The SMILES string of the molecule is CCCCSc1cc2c(-c3ccccc3)nc(-c3ccccc3)nc2s1. The lowest BCUT2D eigenvalue weighted by molar-refractivity contribution is 0.896. The molecular formula is C22H20N2S2. The molecule has 0 aliphatic heterocycles. The van der Waals surface area contributed by atoms with Gasteiger partial charge in [-0.25, -0.2) is 9.97 Å². The van der Waals surface area contributed by atoms with Crippen molar-refractivity contribution in [3.63, 3.8) is 0 Å². The van der Waals surface area contributed by atoms with Crippen LogP contribution in [0.3, 0.4) is 0 Å². The number of hydrogen-bond donors (Lipinski definition) is 0.